The van der Waals surface area contributed by atoms with Gasteiger partial charge in [-0.25, -0.2) is 4.79 Å². The molecule has 1 amide bonds. The number of alkyl carbamates (subject to hydrolysis) is 1. The van der Waals surface area contributed by atoms with E-state index >= 15 is 0 Å². The molecular weight excluding hydrogens is 450 g/mol. The third kappa shape index (κ3) is 4.50. The van der Waals surface area contributed by atoms with Gasteiger partial charge in [0.25, 0.3) is 0 Å². The molecule has 0 saturated carbocycles. The van der Waals surface area contributed by atoms with E-state index in [-0.39, 0.29) is 23.7 Å². The maximum atomic E-state index is 13.0. The van der Waals surface area contributed by atoms with Crippen molar-refractivity contribution in [1.29, 1.82) is 0 Å². The summed E-state index contributed by atoms with van der Waals surface area (Å²) in [4.78, 5) is 17.8. The first-order valence-electron chi connectivity index (χ1n) is 13.6. The number of rotatable bonds is 4. The Bertz CT molecular complexity index is 1130. The van der Waals surface area contributed by atoms with E-state index in [0.717, 1.165) is 65.2 Å². The minimum absolute atomic E-state index is 0.0301. The van der Waals surface area contributed by atoms with Gasteiger partial charge in [-0.2, -0.15) is 0 Å². The van der Waals surface area contributed by atoms with Gasteiger partial charge in [-0.05, 0) is 90.6 Å². The molecule has 4 aliphatic heterocycles. The Morgan fingerprint density at radius 2 is 1.75 bits per heavy atom. The number of nitrogens with zero attached hydrogens (tertiary/aromatic N) is 2. The molecule has 6 heteroatoms. The second kappa shape index (κ2) is 9.38. The van der Waals surface area contributed by atoms with Crippen LogP contribution in [-0.4, -0.2) is 63.0 Å². The van der Waals surface area contributed by atoms with E-state index in [4.69, 9.17) is 9.47 Å². The predicted molar refractivity (Wildman–Crippen MR) is 142 cm³/mol. The second-order valence-corrected chi connectivity index (χ2v) is 11.8. The smallest absolute Gasteiger partial charge is 0.407 e. The fourth-order valence-corrected chi connectivity index (χ4v) is 6.83. The Balaban J connectivity index is 1.18. The van der Waals surface area contributed by atoms with Crippen LogP contribution in [0, 0.1) is 18.3 Å². The van der Waals surface area contributed by atoms with Gasteiger partial charge in [0.15, 0.2) is 0 Å². The van der Waals surface area contributed by atoms with Crippen LogP contribution in [0.3, 0.4) is 0 Å². The number of ether oxygens (including phenoxy) is 2. The number of carbonyl (C=O) groups is 1. The van der Waals surface area contributed by atoms with Crippen molar-refractivity contribution in [2.75, 3.05) is 50.8 Å². The number of benzene rings is 2. The van der Waals surface area contributed by atoms with Crippen molar-refractivity contribution in [3.8, 4) is 11.1 Å². The van der Waals surface area contributed by atoms with Crippen LogP contribution < -0.4 is 10.2 Å². The molecule has 36 heavy (non-hydrogen) atoms. The Morgan fingerprint density at radius 3 is 2.44 bits per heavy atom. The standard InChI is InChI=1S/C30H39N3O3/c1-20-16-22(5-7-26(20)33-12-14-35-15-13-33)23-4-6-25-24(17-23)18-30(2,3)28(25)31-29(34)36-27-19-32-10-8-21(27)9-11-32/h4-7,16-17,21,27-28H,8-15,18-19H2,1-3H3,(H,31,34)/t27-,28?/m1/s1. The van der Waals surface area contributed by atoms with Crippen LogP contribution in [0.25, 0.3) is 11.1 Å². The molecule has 0 aromatic heterocycles. The van der Waals surface area contributed by atoms with Crippen LogP contribution in [0.1, 0.15) is 49.4 Å². The Kier molecular flexibility index (Phi) is 6.21. The zero-order valence-corrected chi connectivity index (χ0v) is 21.9. The number of hydrogen-bond acceptors (Lipinski definition) is 5. The number of aryl methyl sites for hydroxylation is 1. The number of amides is 1. The average Bonchev–Trinajstić information content (AvgIpc) is 3.13. The normalized spacial score (nSPS) is 28.6. The predicted octanol–water partition coefficient (Wildman–Crippen LogP) is 4.94. The summed E-state index contributed by atoms with van der Waals surface area (Å²) >= 11 is 0. The molecule has 7 rings (SSSR count). The summed E-state index contributed by atoms with van der Waals surface area (Å²) in [5, 5.41) is 3.25. The molecule has 1 aliphatic carbocycles. The van der Waals surface area contributed by atoms with Crippen LogP contribution in [0.5, 0.6) is 0 Å². The van der Waals surface area contributed by atoms with Crippen molar-refractivity contribution in [3.63, 3.8) is 0 Å². The first-order valence-corrected chi connectivity index (χ1v) is 13.6. The second-order valence-electron chi connectivity index (χ2n) is 11.8. The number of anilines is 1. The molecule has 0 radical (unpaired) electrons. The monoisotopic (exact) mass is 489 g/mol. The summed E-state index contributed by atoms with van der Waals surface area (Å²) in [5.74, 6) is 0.519. The van der Waals surface area contributed by atoms with Crippen molar-refractivity contribution in [2.45, 2.75) is 52.2 Å². The Morgan fingerprint density at radius 1 is 1.03 bits per heavy atom. The maximum absolute atomic E-state index is 13.0. The minimum Gasteiger partial charge on any atom is -0.445 e. The van der Waals surface area contributed by atoms with Gasteiger partial charge in [-0.1, -0.05) is 38.1 Å². The van der Waals surface area contributed by atoms with Crippen molar-refractivity contribution < 1.29 is 14.3 Å². The van der Waals surface area contributed by atoms with E-state index < -0.39 is 0 Å². The lowest BCUT2D eigenvalue weighted by Crippen LogP contribution is -2.53. The van der Waals surface area contributed by atoms with E-state index in [0.29, 0.717) is 5.92 Å². The Hall–Kier alpha value is -2.57. The molecule has 4 fully saturated rings. The Labute approximate surface area is 214 Å². The zero-order chi connectivity index (χ0) is 24.9. The molecule has 4 heterocycles. The van der Waals surface area contributed by atoms with Gasteiger partial charge < -0.3 is 19.7 Å². The van der Waals surface area contributed by atoms with Gasteiger partial charge >= 0.3 is 6.09 Å². The lowest BCUT2D eigenvalue weighted by Gasteiger charge is -2.44. The van der Waals surface area contributed by atoms with E-state index in [1.165, 1.54) is 33.5 Å². The summed E-state index contributed by atoms with van der Waals surface area (Å²) in [6.45, 7) is 13.4. The van der Waals surface area contributed by atoms with Gasteiger partial charge in [0.05, 0.1) is 19.3 Å². The fraction of sp³-hybridized carbons (Fsp3) is 0.567. The van der Waals surface area contributed by atoms with Crippen LogP contribution in [0.2, 0.25) is 0 Å². The van der Waals surface area contributed by atoms with E-state index in [2.05, 4.69) is 72.3 Å². The third-order valence-electron chi connectivity index (χ3n) is 8.88. The van der Waals surface area contributed by atoms with Gasteiger partial charge in [0, 0.05) is 25.3 Å². The van der Waals surface area contributed by atoms with Crippen LogP contribution in [-0.2, 0) is 15.9 Å². The number of fused-ring (bicyclic) bond motifs is 4. The maximum Gasteiger partial charge on any atom is 0.407 e. The highest BCUT2D eigenvalue weighted by Gasteiger charge is 2.42. The molecular formula is C30H39N3O3. The van der Waals surface area contributed by atoms with Gasteiger partial charge in [-0.15, -0.1) is 0 Å². The largest absolute Gasteiger partial charge is 0.445 e. The summed E-state index contributed by atoms with van der Waals surface area (Å²) in [6, 6.07) is 13.5. The van der Waals surface area contributed by atoms with E-state index in [9.17, 15) is 4.79 Å². The summed E-state index contributed by atoms with van der Waals surface area (Å²) in [5.41, 5.74) is 7.54. The zero-order valence-electron chi connectivity index (χ0n) is 21.9. The van der Waals surface area contributed by atoms with Crippen LogP contribution >= 0.6 is 0 Å². The average molecular weight is 490 g/mol. The van der Waals surface area contributed by atoms with Crippen molar-refractivity contribution in [3.05, 3.63) is 53.1 Å². The molecule has 2 atom stereocenters. The quantitative estimate of drug-likeness (QED) is 0.659. The summed E-state index contributed by atoms with van der Waals surface area (Å²) < 4.78 is 11.5. The molecule has 2 aromatic rings. The SMILES string of the molecule is Cc1cc(-c2ccc3c(c2)CC(C)(C)C3NC(=O)O[C@@H]2CN3CCC2CC3)ccc1N1CCOCC1. The van der Waals surface area contributed by atoms with Crippen molar-refractivity contribution >= 4 is 11.8 Å². The van der Waals surface area contributed by atoms with E-state index in [1.54, 1.807) is 0 Å². The molecule has 1 N–H and O–H groups in total. The number of nitrogens with one attached hydrogen (secondary N) is 1. The van der Waals surface area contributed by atoms with Gasteiger partial charge in [-0.3, -0.25) is 4.90 Å². The minimum atomic E-state index is -0.266. The molecule has 5 aliphatic rings. The lowest BCUT2D eigenvalue weighted by atomic mass is 9.85. The highest BCUT2D eigenvalue weighted by Crippen LogP contribution is 2.46. The summed E-state index contributed by atoms with van der Waals surface area (Å²) in [6.07, 6.45) is 2.99. The van der Waals surface area contributed by atoms with Gasteiger partial charge in [0.2, 0.25) is 0 Å². The van der Waals surface area contributed by atoms with E-state index in [1.807, 2.05) is 0 Å². The molecule has 2 aromatic carbocycles. The van der Waals surface area contributed by atoms with Crippen LogP contribution in [0.15, 0.2) is 36.4 Å². The number of hydrogen-bond donors (Lipinski definition) is 1. The number of morpholine rings is 1. The van der Waals surface area contributed by atoms with Crippen LogP contribution in [0.4, 0.5) is 10.5 Å². The van der Waals surface area contributed by atoms with Crippen molar-refractivity contribution in [1.82, 2.24) is 10.2 Å². The topological polar surface area (TPSA) is 54.0 Å². The molecule has 4 saturated heterocycles. The highest BCUT2D eigenvalue weighted by molar-refractivity contribution is 5.72. The molecule has 2 bridgehead atoms. The van der Waals surface area contributed by atoms with Gasteiger partial charge in [0.1, 0.15) is 6.10 Å². The third-order valence-corrected chi connectivity index (χ3v) is 8.88. The highest BCUT2D eigenvalue weighted by atomic mass is 16.6. The number of piperidine rings is 3. The number of carbonyl (C=O) groups excluding carboxylic acids is 1. The first kappa shape index (κ1) is 23.8. The molecule has 6 nitrogen and oxygen atoms in total. The molecule has 0 spiro atoms. The molecule has 192 valence electrons. The summed E-state index contributed by atoms with van der Waals surface area (Å²) in [7, 11) is 0. The molecule has 1 unspecified atom stereocenters. The lowest BCUT2D eigenvalue weighted by molar-refractivity contribution is -0.0348. The first-order chi connectivity index (χ1) is 17.4. The fourth-order valence-electron chi connectivity index (χ4n) is 6.83. The van der Waals surface area contributed by atoms with Crippen molar-refractivity contribution in [2.24, 2.45) is 11.3 Å².